The first-order valence-corrected chi connectivity index (χ1v) is 7.33. The summed E-state index contributed by atoms with van der Waals surface area (Å²) in [7, 11) is -3.74. The molecule has 18 heavy (non-hydrogen) atoms. The highest BCUT2D eigenvalue weighted by molar-refractivity contribution is 7.94. The number of nitrogens with zero attached hydrogens (tertiary/aromatic N) is 1. The lowest BCUT2D eigenvalue weighted by molar-refractivity contribution is 0.602. The minimum Gasteiger partial charge on any atom is -0.315 e. The normalized spacial score (nSPS) is 11.4. The molecule has 0 saturated carbocycles. The number of pyridine rings is 1. The molecule has 8 heteroatoms. The summed E-state index contributed by atoms with van der Waals surface area (Å²) < 4.78 is 26.4. The molecule has 6 nitrogen and oxygen atoms in total. The Labute approximate surface area is 108 Å². The van der Waals surface area contributed by atoms with Crippen molar-refractivity contribution in [3.63, 3.8) is 0 Å². The molecule has 0 saturated heterocycles. The Balaban J connectivity index is 2.36. The molecule has 0 aromatic carbocycles. The van der Waals surface area contributed by atoms with Crippen LogP contribution >= 0.6 is 11.3 Å². The average molecular weight is 285 g/mol. The number of anilines is 1. The molecule has 0 fully saturated rings. The lowest BCUT2D eigenvalue weighted by Crippen LogP contribution is -2.12. The zero-order valence-corrected chi connectivity index (χ0v) is 11.4. The lowest BCUT2D eigenvalue weighted by Gasteiger charge is -2.06. The molecule has 0 aliphatic carbocycles. The van der Waals surface area contributed by atoms with Crippen molar-refractivity contribution in [1.82, 2.24) is 9.97 Å². The number of rotatable bonds is 3. The molecule has 2 heterocycles. The number of aromatic nitrogens is 2. The van der Waals surface area contributed by atoms with Crippen LogP contribution in [0.4, 0.5) is 5.69 Å². The molecule has 0 spiro atoms. The van der Waals surface area contributed by atoms with Crippen LogP contribution in [0.1, 0.15) is 11.4 Å². The molecular formula is C10H11N3O3S2. The SMILES string of the molecule is Cc1ccc(NS(=O)(=O)c2sc(=O)[nH]c2C)cn1. The monoisotopic (exact) mass is 285 g/mol. The van der Waals surface area contributed by atoms with E-state index in [1.807, 2.05) is 0 Å². The maximum absolute atomic E-state index is 12.0. The first-order chi connectivity index (χ1) is 8.38. The number of aryl methyl sites for hydroxylation is 2. The van der Waals surface area contributed by atoms with Gasteiger partial charge >= 0.3 is 4.87 Å². The van der Waals surface area contributed by atoms with Gasteiger partial charge in [-0.15, -0.1) is 0 Å². The van der Waals surface area contributed by atoms with Gasteiger partial charge in [0.05, 0.1) is 11.9 Å². The first-order valence-electron chi connectivity index (χ1n) is 5.04. The third-order valence-corrected chi connectivity index (χ3v) is 5.17. The van der Waals surface area contributed by atoms with Gasteiger partial charge in [0, 0.05) is 11.4 Å². The standard InChI is InChI=1S/C10H11N3O3S2/c1-6-3-4-8(5-11-6)13-18(15,16)9-7(2)12-10(14)17-9/h3-5,13H,1-2H3,(H,12,14). The fourth-order valence-corrected chi connectivity index (χ4v) is 3.72. The molecule has 2 aromatic heterocycles. The average Bonchev–Trinajstić information content (AvgIpc) is 2.62. The fourth-order valence-electron chi connectivity index (χ4n) is 1.38. The second-order valence-corrected chi connectivity index (χ2v) is 6.58. The molecule has 0 atom stereocenters. The Hall–Kier alpha value is -1.67. The smallest absolute Gasteiger partial charge is 0.306 e. The van der Waals surface area contributed by atoms with Crippen LogP contribution in [0.2, 0.25) is 0 Å². The van der Waals surface area contributed by atoms with Gasteiger partial charge in [0.1, 0.15) is 0 Å². The number of nitrogens with one attached hydrogen (secondary N) is 2. The molecule has 0 aliphatic rings. The Kier molecular flexibility index (Phi) is 3.22. The Bertz CT molecular complexity index is 714. The molecule has 0 unspecified atom stereocenters. The van der Waals surface area contributed by atoms with E-state index in [2.05, 4.69) is 14.7 Å². The largest absolute Gasteiger partial charge is 0.315 e. The highest BCUT2D eigenvalue weighted by Crippen LogP contribution is 2.19. The zero-order chi connectivity index (χ0) is 13.3. The van der Waals surface area contributed by atoms with E-state index < -0.39 is 14.9 Å². The Morgan fingerprint density at radius 1 is 1.33 bits per heavy atom. The molecule has 0 aliphatic heterocycles. The third kappa shape index (κ3) is 2.59. The molecule has 0 bridgehead atoms. The van der Waals surface area contributed by atoms with Crippen molar-refractivity contribution >= 4 is 27.0 Å². The van der Waals surface area contributed by atoms with Crippen molar-refractivity contribution in [2.75, 3.05) is 4.72 Å². The highest BCUT2D eigenvalue weighted by Gasteiger charge is 2.20. The topological polar surface area (TPSA) is 91.9 Å². The number of hydrogen-bond acceptors (Lipinski definition) is 5. The number of H-pyrrole nitrogens is 1. The van der Waals surface area contributed by atoms with Gasteiger partial charge in [0.25, 0.3) is 10.0 Å². The Morgan fingerprint density at radius 2 is 2.06 bits per heavy atom. The zero-order valence-electron chi connectivity index (χ0n) is 9.72. The summed E-state index contributed by atoms with van der Waals surface area (Å²) in [4.78, 5) is 17.1. The molecule has 96 valence electrons. The maximum atomic E-state index is 12.0. The third-order valence-electron chi connectivity index (χ3n) is 2.19. The summed E-state index contributed by atoms with van der Waals surface area (Å²) in [6, 6.07) is 3.31. The predicted molar refractivity (Wildman–Crippen MR) is 69.5 cm³/mol. The van der Waals surface area contributed by atoms with Crippen LogP contribution < -0.4 is 9.60 Å². The van der Waals surface area contributed by atoms with Gasteiger partial charge in [-0.2, -0.15) is 0 Å². The number of aromatic amines is 1. The van der Waals surface area contributed by atoms with Gasteiger partial charge in [0.15, 0.2) is 4.21 Å². The minimum atomic E-state index is -3.74. The van der Waals surface area contributed by atoms with Gasteiger partial charge in [-0.3, -0.25) is 14.5 Å². The van der Waals surface area contributed by atoms with Crippen molar-refractivity contribution in [1.29, 1.82) is 0 Å². The van der Waals surface area contributed by atoms with E-state index in [1.54, 1.807) is 26.0 Å². The van der Waals surface area contributed by atoms with Crippen LogP contribution in [-0.2, 0) is 10.0 Å². The highest BCUT2D eigenvalue weighted by atomic mass is 32.2. The molecule has 2 rings (SSSR count). The number of sulfonamides is 1. The number of thiazole rings is 1. The second-order valence-electron chi connectivity index (χ2n) is 3.72. The summed E-state index contributed by atoms with van der Waals surface area (Å²) in [5.74, 6) is 0. The van der Waals surface area contributed by atoms with Gasteiger partial charge in [0.2, 0.25) is 0 Å². The summed E-state index contributed by atoms with van der Waals surface area (Å²) in [6.07, 6.45) is 1.43. The van der Waals surface area contributed by atoms with Gasteiger partial charge in [-0.1, -0.05) is 11.3 Å². The van der Waals surface area contributed by atoms with E-state index >= 15 is 0 Å². The van der Waals surface area contributed by atoms with Crippen molar-refractivity contribution < 1.29 is 8.42 Å². The number of hydrogen-bond donors (Lipinski definition) is 2. The van der Waals surface area contributed by atoms with Crippen LogP contribution in [0.15, 0.2) is 27.3 Å². The van der Waals surface area contributed by atoms with Crippen LogP contribution in [0.5, 0.6) is 0 Å². The van der Waals surface area contributed by atoms with E-state index in [0.29, 0.717) is 22.7 Å². The molecule has 2 aromatic rings. The maximum Gasteiger partial charge on any atom is 0.306 e. The first kappa shape index (κ1) is 12.8. The second kappa shape index (κ2) is 4.54. The molecule has 0 amide bonds. The molecular weight excluding hydrogens is 274 g/mol. The van der Waals surface area contributed by atoms with Crippen LogP contribution in [0, 0.1) is 13.8 Å². The molecule has 2 N–H and O–H groups in total. The van der Waals surface area contributed by atoms with E-state index in [1.165, 1.54) is 6.20 Å². The summed E-state index contributed by atoms with van der Waals surface area (Å²) in [5.41, 5.74) is 1.49. The summed E-state index contributed by atoms with van der Waals surface area (Å²) >= 11 is 0.662. The van der Waals surface area contributed by atoms with Crippen molar-refractivity contribution in [2.45, 2.75) is 18.1 Å². The van der Waals surface area contributed by atoms with Gasteiger partial charge < -0.3 is 4.98 Å². The van der Waals surface area contributed by atoms with Gasteiger partial charge in [-0.25, -0.2) is 8.42 Å². The van der Waals surface area contributed by atoms with E-state index in [9.17, 15) is 13.2 Å². The fraction of sp³-hybridized carbons (Fsp3) is 0.200. The minimum absolute atomic E-state index is 0.00641. The van der Waals surface area contributed by atoms with Gasteiger partial charge in [-0.05, 0) is 26.0 Å². The summed E-state index contributed by atoms with van der Waals surface area (Å²) in [5, 5.41) is 0. The van der Waals surface area contributed by atoms with Crippen LogP contribution in [0.25, 0.3) is 0 Å². The van der Waals surface area contributed by atoms with Crippen molar-refractivity contribution in [2.24, 2.45) is 0 Å². The van der Waals surface area contributed by atoms with Crippen molar-refractivity contribution in [3.8, 4) is 0 Å². The lowest BCUT2D eigenvalue weighted by atomic mass is 10.4. The summed E-state index contributed by atoms with van der Waals surface area (Å²) in [6.45, 7) is 3.35. The molecule has 0 radical (unpaired) electrons. The van der Waals surface area contributed by atoms with Crippen LogP contribution in [0.3, 0.4) is 0 Å². The van der Waals surface area contributed by atoms with E-state index in [4.69, 9.17) is 0 Å². The predicted octanol–water partition coefficient (Wildman–Crippen LogP) is 1.25. The van der Waals surface area contributed by atoms with E-state index in [0.717, 1.165) is 5.69 Å². The van der Waals surface area contributed by atoms with Crippen LogP contribution in [-0.4, -0.2) is 18.4 Å². The Morgan fingerprint density at radius 3 is 2.56 bits per heavy atom. The quantitative estimate of drug-likeness (QED) is 0.887. The van der Waals surface area contributed by atoms with Crippen molar-refractivity contribution in [3.05, 3.63) is 39.4 Å². The van der Waals surface area contributed by atoms with E-state index in [-0.39, 0.29) is 4.21 Å².